The van der Waals surface area contributed by atoms with Gasteiger partial charge in [-0.1, -0.05) is 53.0 Å². The van der Waals surface area contributed by atoms with Gasteiger partial charge in [-0.15, -0.1) is 0 Å². The van der Waals surface area contributed by atoms with Gasteiger partial charge in [0.2, 0.25) is 0 Å². The van der Waals surface area contributed by atoms with Gasteiger partial charge in [-0.3, -0.25) is 9.36 Å². The molecule has 0 saturated heterocycles. The maximum absolute atomic E-state index is 14.0. The molecule has 5 rings (SSSR count). The Morgan fingerprint density at radius 2 is 1.49 bits per heavy atom. The van der Waals surface area contributed by atoms with Crippen LogP contribution in [0.3, 0.4) is 0 Å². The Hall–Kier alpha value is -3.17. The van der Waals surface area contributed by atoms with Crippen LogP contribution in [-0.2, 0) is 9.84 Å². The van der Waals surface area contributed by atoms with Crippen molar-refractivity contribution in [3.63, 3.8) is 0 Å². The lowest BCUT2D eigenvalue weighted by Crippen LogP contribution is -2.23. The Balaban J connectivity index is 1.99. The first kappa shape index (κ1) is 23.6. The lowest BCUT2D eigenvalue weighted by Gasteiger charge is -2.15. The van der Waals surface area contributed by atoms with Crippen molar-refractivity contribution in [1.82, 2.24) is 19.3 Å². The average Bonchev–Trinajstić information content (AvgIpc) is 3.21. The molecule has 0 unspecified atom stereocenters. The fourth-order valence-electron chi connectivity index (χ4n) is 3.73. The Labute approximate surface area is 215 Å². The summed E-state index contributed by atoms with van der Waals surface area (Å²) in [5, 5.41) is 4.92. The van der Waals surface area contributed by atoms with Gasteiger partial charge >= 0.3 is 0 Å². The molecule has 0 aliphatic carbocycles. The van der Waals surface area contributed by atoms with Crippen molar-refractivity contribution in [3.8, 4) is 22.8 Å². The second-order valence-electron chi connectivity index (χ2n) is 7.70. The van der Waals surface area contributed by atoms with Crippen LogP contribution in [0.4, 0.5) is 0 Å². The largest absolute Gasteiger partial charge is 0.270 e. The topological polar surface area (TPSA) is 86.8 Å². The highest BCUT2D eigenvalue weighted by Gasteiger charge is 2.27. The lowest BCUT2D eigenvalue weighted by molar-refractivity contribution is 0.597. The molecule has 0 aliphatic heterocycles. The minimum atomic E-state index is -3.89. The van der Waals surface area contributed by atoms with Gasteiger partial charge in [-0.05, 0) is 54.6 Å². The van der Waals surface area contributed by atoms with Crippen LogP contribution in [-0.4, -0.2) is 34.0 Å². The van der Waals surface area contributed by atoms with Gasteiger partial charge in [0, 0.05) is 21.9 Å². The standard InChI is InChI=1S/C24H15Cl3N4O3S/c1-35(33,34)23-20-22(31(29-23)17-5-3-2-4-6-17)28-21(18-12-9-15(26)13-19(18)27)30(24(20)32)16-10-7-14(25)8-11-16/h2-13H,1H3. The van der Waals surface area contributed by atoms with E-state index < -0.39 is 15.4 Å². The smallest absolute Gasteiger partial charge is 0.268 e. The van der Waals surface area contributed by atoms with Crippen molar-refractivity contribution in [1.29, 1.82) is 0 Å². The molecule has 0 fully saturated rings. The lowest BCUT2D eigenvalue weighted by atomic mass is 10.2. The van der Waals surface area contributed by atoms with Crippen LogP contribution in [0.25, 0.3) is 33.8 Å². The first-order valence-electron chi connectivity index (χ1n) is 10.2. The van der Waals surface area contributed by atoms with Crippen molar-refractivity contribution in [2.24, 2.45) is 0 Å². The average molecular weight is 546 g/mol. The van der Waals surface area contributed by atoms with Crippen molar-refractivity contribution in [2.75, 3.05) is 6.26 Å². The number of para-hydroxylation sites is 1. The molecule has 0 radical (unpaired) electrons. The number of fused-ring (bicyclic) bond motifs is 1. The number of hydrogen-bond acceptors (Lipinski definition) is 5. The van der Waals surface area contributed by atoms with Crippen LogP contribution in [0.15, 0.2) is 82.6 Å². The number of hydrogen-bond donors (Lipinski definition) is 0. The normalized spacial score (nSPS) is 11.8. The molecular weight excluding hydrogens is 531 g/mol. The zero-order chi connectivity index (χ0) is 24.9. The number of sulfone groups is 1. The fraction of sp³-hybridized carbons (Fsp3) is 0.0417. The quantitative estimate of drug-likeness (QED) is 0.293. The molecule has 176 valence electrons. The third-order valence-electron chi connectivity index (χ3n) is 5.28. The molecule has 35 heavy (non-hydrogen) atoms. The summed E-state index contributed by atoms with van der Waals surface area (Å²) in [5.41, 5.74) is 0.832. The van der Waals surface area contributed by atoms with Gasteiger partial charge in [0.05, 0.1) is 16.4 Å². The molecule has 0 atom stereocenters. The zero-order valence-electron chi connectivity index (χ0n) is 18.0. The molecule has 0 amide bonds. The van der Waals surface area contributed by atoms with E-state index in [1.54, 1.807) is 60.7 Å². The SMILES string of the molecule is CS(=O)(=O)c1nn(-c2ccccc2)c2nc(-c3ccc(Cl)cc3Cl)n(-c3ccc(Cl)cc3)c(=O)c12. The van der Waals surface area contributed by atoms with Crippen molar-refractivity contribution < 1.29 is 8.42 Å². The summed E-state index contributed by atoms with van der Waals surface area (Å²) >= 11 is 18.7. The maximum atomic E-state index is 14.0. The highest BCUT2D eigenvalue weighted by Crippen LogP contribution is 2.32. The molecule has 0 aliphatic rings. The Morgan fingerprint density at radius 3 is 2.11 bits per heavy atom. The summed E-state index contributed by atoms with van der Waals surface area (Å²) in [6, 6.07) is 20.1. The molecule has 7 nitrogen and oxygen atoms in total. The molecule has 0 bridgehead atoms. The van der Waals surface area contributed by atoms with E-state index in [-0.39, 0.29) is 26.9 Å². The number of halogens is 3. The molecule has 2 aromatic heterocycles. The molecule has 3 aromatic carbocycles. The van der Waals surface area contributed by atoms with Gasteiger partial charge in [0.15, 0.2) is 26.3 Å². The Morgan fingerprint density at radius 1 is 0.829 bits per heavy atom. The van der Waals surface area contributed by atoms with Gasteiger partial charge in [0.1, 0.15) is 5.39 Å². The van der Waals surface area contributed by atoms with Crippen molar-refractivity contribution in [3.05, 3.63) is 98.2 Å². The fourth-order valence-corrected chi connectivity index (χ4v) is 5.13. The van der Waals surface area contributed by atoms with Crippen LogP contribution in [0.2, 0.25) is 15.1 Å². The van der Waals surface area contributed by atoms with Crippen LogP contribution >= 0.6 is 34.8 Å². The zero-order valence-corrected chi connectivity index (χ0v) is 21.1. The van der Waals surface area contributed by atoms with Crippen molar-refractivity contribution >= 4 is 55.7 Å². The highest BCUT2D eigenvalue weighted by molar-refractivity contribution is 7.90. The number of rotatable bonds is 4. The highest BCUT2D eigenvalue weighted by atomic mass is 35.5. The van der Waals surface area contributed by atoms with Gasteiger partial charge in [0.25, 0.3) is 5.56 Å². The molecule has 5 aromatic rings. The van der Waals surface area contributed by atoms with Gasteiger partial charge < -0.3 is 0 Å². The van der Waals surface area contributed by atoms with E-state index in [0.29, 0.717) is 27.0 Å². The van der Waals surface area contributed by atoms with E-state index in [0.717, 1.165) is 6.26 Å². The van der Waals surface area contributed by atoms with E-state index in [1.807, 2.05) is 6.07 Å². The minimum Gasteiger partial charge on any atom is -0.268 e. The summed E-state index contributed by atoms with van der Waals surface area (Å²) in [4.78, 5) is 18.7. The van der Waals surface area contributed by atoms with E-state index in [4.69, 9.17) is 39.8 Å². The van der Waals surface area contributed by atoms with Gasteiger partial charge in [-0.2, -0.15) is 5.10 Å². The molecule has 2 heterocycles. The minimum absolute atomic E-state index is 0.0767. The summed E-state index contributed by atoms with van der Waals surface area (Å²) in [7, 11) is -3.89. The Bertz CT molecular complexity index is 1760. The number of nitrogens with zero attached hydrogens (tertiary/aromatic N) is 4. The van der Waals surface area contributed by atoms with Crippen LogP contribution in [0.1, 0.15) is 0 Å². The molecule has 0 N–H and O–H groups in total. The summed E-state index contributed by atoms with van der Waals surface area (Å²) < 4.78 is 28.0. The second kappa shape index (κ2) is 8.80. The van der Waals surface area contributed by atoms with Crippen LogP contribution < -0.4 is 5.56 Å². The van der Waals surface area contributed by atoms with E-state index in [9.17, 15) is 13.2 Å². The number of aromatic nitrogens is 4. The third-order valence-corrected chi connectivity index (χ3v) is 7.07. The predicted molar refractivity (Wildman–Crippen MR) is 138 cm³/mol. The van der Waals surface area contributed by atoms with Crippen LogP contribution in [0, 0.1) is 0 Å². The maximum Gasteiger partial charge on any atom is 0.270 e. The predicted octanol–water partition coefficient (Wildman–Crippen LogP) is 5.60. The Kier molecular flexibility index (Phi) is 5.93. The number of benzene rings is 3. The molecule has 11 heteroatoms. The van der Waals surface area contributed by atoms with E-state index in [2.05, 4.69) is 5.10 Å². The summed E-state index contributed by atoms with van der Waals surface area (Å²) in [5.74, 6) is 0.184. The molecule has 0 spiro atoms. The second-order valence-corrected chi connectivity index (χ2v) is 10.9. The first-order chi connectivity index (χ1) is 16.6. The van der Waals surface area contributed by atoms with Crippen molar-refractivity contribution in [2.45, 2.75) is 5.03 Å². The van der Waals surface area contributed by atoms with Crippen LogP contribution in [0.5, 0.6) is 0 Å². The third kappa shape index (κ3) is 4.23. The molecule has 0 saturated carbocycles. The summed E-state index contributed by atoms with van der Waals surface area (Å²) in [6.45, 7) is 0. The first-order valence-corrected chi connectivity index (χ1v) is 13.2. The van der Waals surface area contributed by atoms with E-state index >= 15 is 0 Å². The summed E-state index contributed by atoms with van der Waals surface area (Å²) in [6.07, 6.45) is 1.00. The van der Waals surface area contributed by atoms with Gasteiger partial charge in [-0.25, -0.2) is 18.1 Å². The van der Waals surface area contributed by atoms with E-state index in [1.165, 1.54) is 15.3 Å². The monoisotopic (exact) mass is 544 g/mol. The molecular formula is C24H15Cl3N4O3S.